The van der Waals surface area contributed by atoms with Crippen LogP contribution in [0.15, 0.2) is 23.3 Å². The molecule has 2 rings (SSSR count). The van der Waals surface area contributed by atoms with Gasteiger partial charge in [0.25, 0.3) is 0 Å². The highest BCUT2D eigenvalue weighted by atomic mass is 16.1. The Labute approximate surface area is 98.6 Å². The lowest BCUT2D eigenvalue weighted by Crippen LogP contribution is -2.44. The molecule has 0 aromatic rings. The third-order valence-corrected chi connectivity index (χ3v) is 4.74. The molecular weight excluding hydrogens is 196 g/mol. The molecule has 0 aromatic carbocycles. The number of carbonyl (C=O) groups excluding carboxylic acids is 1. The monoisotopic (exact) mass is 218 g/mol. The predicted molar refractivity (Wildman–Crippen MR) is 67.1 cm³/mol. The van der Waals surface area contributed by atoms with Crippen molar-refractivity contribution in [3.63, 3.8) is 0 Å². The molecule has 88 valence electrons. The van der Waals surface area contributed by atoms with E-state index in [0.717, 1.165) is 23.9 Å². The Morgan fingerprint density at radius 3 is 2.62 bits per heavy atom. The summed E-state index contributed by atoms with van der Waals surface area (Å²) in [5, 5.41) is 0. The lowest BCUT2D eigenvalue weighted by Gasteiger charge is -2.51. The smallest absolute Gasteiger partial charge is 0.146 e. The van der Waals surface area contributed by atoms with Crippen LogP contribution in [0.4, 0.5) is 0 Å². The van der Waals surface area contributed by atoms with Crippen molar-refractivity contribution >= 4 is 6.29 Å². The Morgan fingerprint density at radius 2 is 2.00 bits per heavy atom. The van der Waals surface area contributed by atoms with Crippen LogP contribution in [-0.4, -0.2) is 6.29 Å². The number of rotatable bonds is 1. The molecule has 0 amide bonds. The molecule has 1 heteroatoms. The Morgan fingerprint density at radius 1 is 1.31 bits per heavy atom. The third kappa shape index (κ3) is 1.49. The van der Waals surface area contributed by atoms with Crippen molar-refractivity contribution in [2.75, 3.05) is 0 Å². The minimum atomic E-state index is 0.0718. The standard InChI is InChI=1S/C15H22O/c1-11-6-7-13-14(2,3)8-5-9-15(13,4)12(11)10-16/h6-7,10,13H,5,8-9H2,1-4H3/t13-,15+/m0/s1. The summed E-state index contributed by atoms with van der Waals surface area (Å²) in [6.45, 7) is 9.00. The van der Waals surface area contributed by atoms with Gasteiger partial charge in [-0.05, 0) is 36.7 Å². The van der Waals surface area contributed by atoms with Crippen molar-refractivity contribution in [2.24, 2.45) is 16.7 Å². The van der Waals surface area contributed by atoms with E-state index in [2.05, 4.69) is 39.8 Å². The normalized spacial score (nSPS) is 37.1. The number of carbonyl (C=O) groups is 1. The van der Waals surface area contributed by atoms with Crippen LogP contribution < -0.4 is 0 Å². The molecule has 0 aliphatic heterocycles. The quantitative estimate of drug-likeness (QED) is 0.610. The van der Waals surface area contributed by atoms with Gasteiger partial charge in [-0.15, -0.1) is 0 Å². The van der Waals surface area contributed by atoms with Crippen LogP contribution in [-0.2, 0) is 4.79 Å². The number of hydrogen-bond acceptors (Lipinski definition) is 1. The first-order chi connectivity index (χ1) is 7.42. The Balaban J connectivity index is 2.51. The van der Waals surface area contributed by atoms with E-state index in [1.165, 1.54) is 12.8 Å². The predicted octanol–water partition coefficient (Wildman–Crippen LogP) is 3.90. The van der Waals surface area contributed by atoms with Crippen LogP contribution in [0.25, 0.3) is 0 Å². The maximum atomic E-state index is 11.3. The van der Waals surface area contributed by atoms with E-state index in [1.54, 1.807) is 0 Å². The van der Waals surface area contributed by atoms with Gasteiger partial charge in [-0.2, -0.15) is 0 Å². The first kappa shape index (κ1) is 11.6. The van der Waals surface area contributed by atoms with Crippen molar-refractivity contribution in [3.8, 4) is 0 Å². The van der Waals surface area contributed by atoms with Gasteiger partial charge in [0.2, 0.25) is 0 Å². The van der Waals surface area contributed by atoms with Crippen LogP contribution in [0.3, 0.4) is 0 Å². The molecule has 1 fully saturated rings. The van der Waals surface area contributed by atoms with Crippen molar-refractivity contribution < 1.29 is 4.79 Å². The van der Waals surface area contributed by atoms with Gasteiger partial charge < -0.3 is 0 Å². The van der Waals surface area contributed by atoms with Gasteiger partial charge in [-0.1, -0.05) is 39.3 Å². The second-order valence-corrected chi connectivity index (χ2v) is 6.31. The molecular formula is C15H22O. The minimum absolute atomic E-state index is 0.0718. The van der Waals surface area contributed by atoms with Gasteiger partial charge in [0, 0.05) is 11.0 Å². The van der Waals surface area contributed by atoms with Gasteiger partial charge in [0.1, 0.15) is 6.29 Å². The van der Waals surface area contributed by atoms with E-state index >= 15 is 0 Å². The fraction of sp³-hybridized carbons (Fsp3) is 0.667. The summed E-state index contributed by atoms with van der Waals surface area (Å²) >= 11 is 0. The van der Waals surface area contributed by atoms with Crippen molar-refractivity contribution in [1.82, 2.24) is 0 Å². The number of hydrogen-bond donors (Lipinski definition) is 0. The van der Waals surface area contributed by atoms with E-state index in [9.17, 15) is 4.79 Å². The summed E-state index contributed by atoms with van der Waals surface area (Å²) in [4.78, 5) is 11.3. The van der Waals surface area contributed by atoms with Crippen LogP contribution in [0.5, 0.6) is 0 Å². The maximum Gasteiger partial charge on any atom is 0.146 e. The molecule has 16 heavy (non-hydrogen) atoms. The molecule has 0 spiro atoms. The Hall–Kier alpha value is -0.850. The highest BCUT2D eigenvalue weighted by Gasteiger charge is 2.48. The van der Waals surface area contributed by atoms with E-state index in [0.29, 0.717) is 11.3 Å². The van der Waals surface area contributed by atoms with Gasteiger partial charge >= 0.3 is 0 Å². The largest absolute Gasteiger partial charge is 0.298 e. The zero-order valence-corrected chi connectivity index (χ0v) is 10.8. The summed E-state index contributed by atoms with van der Waals surface area (Å²) in [5.41, 5.74) is 2.58. The van der Waals surface area contributed by atoms with Crippen molar-refractivity contribution in [2.45, 2.75) is 47.0 Å². The van der Waals surface area contributed by atoms with E-state index in [1.807, 2.05) is 0 Å². The van der Waals surface area contributed by atoms with Gasteiger partial charge in [-0.3, -0.25) is 4.79 Å². The van der Waals surface area contributed by atoms with Crippen molar-refractivity contribution in [3.05, 3.63) is 23.3 Å². The minimum Gasteiger partial charge on any atom is -0.298 e. The van der Waals surface area contributed by atoms with Crippen LogP contribution in [0.2, 0.25) is 0 Å². The SMILES string of the molecule is CC1=C(C=O)[C@@]2(C)CCCC(C)(C)[C@@H]2C=C1. The lowest BCUT2D eigenvalue weighted by atomic mass is 9.52. The molecule has 1 nitrogen and oxygen atoms in total. The highest BCUT2D eigenvalue weighted by molar-refractivity contribution is 5.78. The molecule has 0 heterocycles. The highest BCUT2D eigenvalue weighted by Crippen LogP contribution is 2.56. The number of aldehydes is 1. The summed E-state index contributed by atoms with van der Waals surface area (Å²) in [6, 6.07) is 0. The zero-order chi connectivity index (χ0) is 12.0. The molecule has 1 saturated carbocycles. The Kier molecular flexibility index (Phi) is 2.60. The maximum absolute atomic E-state index is 11.3. The van der Waals surface area contributed by atoms with Crippen LogP contribution >= 0.6 is 0 Å². The molecule has 0 aromatic heterocycles. The molecule has 2 aliphatic carbocycles. The topological polar surface area (TPSA) is 17.1 Å². The first-order valence-electron chi connectivity index (χ1n) is 6.26. The second kappa shape index (κ2) is 3.58. The molecule has 2 aliphatic rings. The molecule has 0 saturated heterocycles. The summed E-state index contributed by atoms with van der Waals surface area (Å²) < 4.78 is 0. The van der Waals surface area contributed by atoms with E-state index < -0.39 is 0 Å². The van der Waals surface area contributed by atoms with Crippen molar-refractivity contribution in [1.29, 1.82) is 0 Å². The Bertz CT molecular complexity index is 373. The average Bonchev–Trinajstić information content (AvgIpc) is 2.15. The molecule has 0 radical (unpaired) electrons. The summed E-state index contributed by atoms with van der Waals surface area (Å²) in [5.74, 6) is 0.512. The van der Waals surface area contributed by atoms with E-state index in [4.69, 9.17) is 0 Å². The van der Waals surface area contributed by atoms with Crippen LogP contribution in [0, 0.1) is 16.7 Å². The molecule has 0 bridgehead atoms. The van der Waals surface area contributed by atoms with E-state index in [-0.39, 0.29) is 5.41 Å². The fourth-order valence-electron chi connectivity index (χ4n) is 3.87. The summed E-state index contributed by atoms with van der Waals surface area (Å²) in [6.07, 6.45) is 9.22. The van der Waals surface area contributed by atoms with Gasteiger partial charge in [0.05, 0.1) is 0 Å². The second-order valence-electron chi connectivity index (χ2n) is 6.31. The zero-order valence-electron chi connectivity index (χ0n) is 10.8. The summed E-state index contributed by atoms with van der Waals surface area (Å²) in [7, 11) is 0. The number of fused-ring (bicyclic) bond motifs is 1. The molecule has 2 atom stereocenters. The number of allylic oxidation sites excluding steroid dienone is 4. The fourth-order valence-corrected chi connectivity index (χ4v) is 3.87. The van der Waals surface area contributed by atoms with Gasteiger partial charge in [0.15, 0.2) is 0 Å². The molecule has 0 N–H and O–H groups in total. The average molecular weight is 218 g/mol. The molecule has 0 unspecified atom stereocenters. The van der Waals surface area contributed by atoms with Crippen LogP contribution in [0.1, 0.15) is 47.0 Å². The lowest BCUT2D eigenvalue weighted by molar-refractivity contribution is -0.106. The first-order valence-corrected chi connectivity index (χ1v) is 6.26. The van der Waals surface area contributed by atoms with Gasteiger partial charge in [-0.25, -0.2) is 0 Å². The third-order valence-electron chi connectivity index (χ3n) is 4.74.